The molecule has 0 aromatic heterocycles. The molecule has 0 saturated carbocycles. The lowest BCUT2D eigenvalue weighted by Gasteiger charge is -2.13. The second-order valence-corrected chi connectivity index (χ2v) is 4.23. The number of carbonyl (C=O) groups excluding carboxylic acids is 1. The summed E-state index contributed by atoms with van der Waals surface area (Å²) in [6, 6.07) is 8.70. The second kappa shape index (κ2) is 6.13. The molecule has 0 aliphatic carbocycles. The molecule has 5 nitrogen and oxygen atoms in total. The monoisotopic (exact) mass is 290 g/mol. The van der Waals surface area contributed by atoms with Gasteiger partial charge in [-0.3, -0.25) is 4.79 Å². The van der Waals surface area contributed by atoms with Gasteiger partial charge in [-0.1, -0.05) is 6.07 Å². The minimum atomic E-state index is -0.452. The van der Waals surface area contributed by atoms with E-state index < -0.39 is 11.7 Å². The van der Waals surface area contributed by atoms with Gasteiger partial charge in [-0.05, 0) is 24.3 Å². The van der Waals surface area contributed by atoms with E-state index in [1.54, 1.807) is 18.2 Å². The maximum atomic E-state index is 13.1. The molecule has 0 aliphatic heterocycles. The molecular weight excluding hydrogens is 275 g/mol. The summed E-state index contributed by atoms with van der Waals surface area (Å²) in [6.07, 6.45) is 0. The molecule has 0 spiro atoms. The average molecular weight is 290 g/mol. The molecule has 1 amide bonds. The van der Waals surface area contributed by atoms with Crippen LogP contribution in [0.15, 0.2) is 36.4 Å². The summed E-state index contributed by atoms with van der Waals surface area (Å²) in [5, 5.41) is 2.64. The summed E-state index contributed by atoms with van der Waals surface area (Å²) in [6.45, 7) is 0. The van der Waals surface area contributed by atoms with Gasteiger partial charge in [0.05, 0.1) is 31.2 Å². The fourth-order valence-electron chi connectivity index (χ4n) is 1.92. The summed E-state index contributed by atoms with van der Waals surface area (Å²) in [5.41, 5.74) is 6.75. The van der Waals surface area contributed by atoms with Crippen LogP contribution in [-0.4, -0.2) is 20.1 Å². The van der Waals surface area contributed by atoms with Crippen LogP contribution in [0.5, 0.6) is 11.5 Å². The Hall–Kier alpha value is -2.76. The van der Waals surface area contributed by atoms with Gasteiger partial charge < -0.3 is 20.5 Å². The van der Waals surface area contributed by atoms with Crippen LogP contribution in [0.1, 0.15) is 10.4 Å². The third-order valence-corrected chi connectivity index (χ3v) is 2.91. The van der Waals surface area contributed by atoms with E-state index in [4.69, 9.17) is 15.2 Å². The van der Waals surface area contributed by atoms with E-state index in [-0.39, 0.29) is 17.1 Å². The van der Waals surface area contributed by atoms with Crippen molar-refractivity contribution in [3.05, 3.63) is 47.8 Å². The Balaban J connectivity index is 2.33. The van der Waals surface area contributed by atoms with Crippen molar-refractivity contribution in [2.45, 2.75) is 0 Å². The average Bonchev–Trinajstić information content (AvgIpc) is 2.48. The van der Waals surface area contributed by atoms with Crippen LogP contribution in [0.3, 0.4) is 0 Å². The number of carbonyl (C=O) groups is 1. The van der Waals surface area contributed by atoms with E-state index in [1.807, 2.05) is 0 Å². The second-order valence-electron chi connectivity index (χ2n) is 4.23. The fraction of sp³-hybridized carbons (Fsp3) is 0.133. The number of nitrogen functional groups attached to an aromatic ring is 1. The quantitative estimate of drug-likeness (QED) is 0.849. The number of nitrogens with one attached hydrogen (secondary N) is 1. The third kappa shape index (κ3) is 3.05. The highest BCUT2D eigenvalue weighted by atomic mass is 19.1. The van der Waals surface area contributed by atoms with Crippen molar-refractivity contribution in [2.75, 3.05) is 25.3 Å². The summed E-state index contributed by atoms with van der Waals surface area (Å²) < 4.78 is 23.3. The van der Waals surface area contributed by atoms with Gasteiger partial charge in [0.25, 0.3) is 5.91 Å². The van der Waals surface area contributed by atoms with Crippen molar-refractivity contribution >= 4 is 17.3 Å². The van der Waals surface area contributed by atoms with Gasteiger partial charge in [-0.15, -0.1) is 0 Å². The molecule has 21 heavy (non-hydrogen) atoms. The number of para-hydroxylation sites is 1. The molecule has 0 bridgehead atoms. The summed E-state index contributed by atoms with van der Waals surface area (Å²) in [4.78, 5) is 12.3. The van der Waals surface area contributed by atoms with Crippen molar-refractivity contribution in [3.63, 3.8) is 0 Å². The van der Waals surface area contributed by atoms with E-state index in [0.29, 0.717) is 11.4 Å². The number of halogens is 1. The molecule has 0 unspecified atom stereocenters. The highest BCUT2D eigenvalue weighted by Crippen LogP contribution is 2.29. The number of rotatable bonds is 4. The molecule has 0 aliphatic rings. The van der Waals surface area contributed by atoms with E-state index >= 15 is 0 Å². The predicted molar refractivity (Wildman–Crippen MR) is 78.3 cm³/mol. The lowest BCUT2D eigenvalue weighted by molar-refractivity contribution is 0.102. The summed E-state index contributed by atoms with van der Waals surface area (Å²) >= 11 is 0. The molecule has 110 valence electrons. The lowest BCUT2D eigenvalue weighted by Crippen LogP contribution is -2.14. The standard InChI is InChI=1S/C15H15FN2O3/c1-20-13-8-9(16)6-7-12(13)18-15(19)10-4-3-5-11(17)14(10)21-2/h3-8H,17H2,1-2H3,(H,18,19). The highest BCUT2D eigenvalue weighted by Gasteiger charge is 2.16. The highest BCUT2D eigenvalue weighted by molar-refractivity contribution is 6.07. The molecule has 2 rings (SSSR count). The molecule has 0 saturated heterocycles. The van der Waals surface area contributed by atoms with Crippen LogP contribution >= 0.6 is 0 Å². The van der Waals surface area contributed by atoms with Gasteiger partial charge >= 0.3 is 0 Å². The smallest absolute Gasteiger partial charge is 0.259 e. The van der Waals surface area contributed by atoms with Gasteiger partial charge in [0.1, 0.15) is 11.6 Å². The van der Waals surface area contributed by atoms with Gasteiger partial charge in [0, 0.05) is 6.07 Å². The van der Waals surface area contributed by atoms with Crippen molar-refractivity contribution in [3.8, 4) is 11.5 Å². The lowest BCUT2D eigenvalue weighted by atomic mass is 10.1. The van der Waals surface area contributed by atoms with E-state index in [0.717, 1.165) is 0 Å². The minimum absolute atomic E-state index is 0.228. The number of nitrogens with two attached hydrogens (primary N) is 1. The first-order valence-electron chi connectivity index (χ1n) is 6.14. The normalized spacial score (nSPS) is 10.0. The number of anilines is 2. The van der Waals surface area contributed by atoms with Gasteiger partial charge in [-0.25, -0.2) is 4.39 Å². The van der Waals surface area contributed by atoms with Crippen molar-refractivity contribution in [2.24, 2.45) is 0 Å². The van der Waals surface area contributed by atoms with E-state index in [1.165, 1.54) is 32.4 Å². The molecule has 0 fully saturated rings. The van der Waals surface area contributed by atoms with Crippen LogP contribution in [0.4, 0.5) is 15.8 Å². The fourth-order valence-corrected chi connectivity index (χ4v) is 1.92. The Bertz CT molecular complexity index is 674. The van der Waals surface area contributed by atoms with E-state index in [2.05, 4.69) is 5.32 Å². The Labute approximate surface area is 121 Å². The predicted octanol–water partition coefficient (Wildman–Crippen LogP) is 2.68. The molecule has 6 heteroatoms. The molecule has 0 atom stereocenters. The first-order chi connectivity index (χ1) is 10.1. The number of hydrogen-bond acceptors (Lipinski definition) is 4. The third-order valence-electron chi connectivity index (χ3n) is 2.91. The number of ether oxygens (including phenoxy) is 2. The molecule has 3 N–H and O–H groups in total. The van der Waals surface area contributed by atoms with Crippen LogP contribution in [0.2, 0.25) is 0 Å². The van der Waals surface area contributed by atoms with Crippen LogP contribution in [0.25, 0.3) is 0 Å². The first-order valence-corrected chi connectivity index (χ1v) is 6.14. The number of hydrogen-bond donors (Lipinski definition) is 2. The Morgan fingerprint density at radius 2 is 1.95 bits per heavy atom. The minimum Gasteiger partial charge on any atom is -0.494 e. The first kappa shape index (κ1) is 14.6. The van der Waals surface area contributed by atoms with Gasteiger partial charge in [-0.2, -0.15) is 0 Å². The van der Waals surface area contributed by atoms with Gasteiger partial charge in [0.2, 0.25) is 0 Å². The van der Waals surface area contributed by atoms with Crippen LogP contribution in [0, 0.1) is 5.82 Å². The zero-order chi connectivity index (χ0) is 15.4. The number of benzene rings is 2. The number of methoxy groups -OCH3 is 2. The molecule has 0 heterocycles. The molecule has 0 radical (unpaired) electrons. The molecule has 2 aromatic carbocycles. The van der Waals surface area contributed by atoms with Gasteiger partial charge in [0.15, 0.2) is 5.75 Å². The maximum Gasteiger partial charge on any atom is 0.259 e. The Morgan fingerprint density at radius 3 is 2.62 bits per heavy atom. The van der Waals surface area contributed by atoms with Crippen molar-refractivity contribution in [1.29, 1.82) is 0 Å². The Kier molecular flexibility index (Phi) is 4.27. The summed E-state index contributed by atoms with van der Waals surface area (Å²) in [7, 11) is 2.83. The molecular formula is C15H15FN2O3. The largest absolute Gasteiger partial charge is 0.494 e. The van der Waals surface area contributed by atoms with E-state index in [9.17, 15) is 9.18 Å². The van der Waals surface area contributed by atoms with Crippen LogP contribution in [-0.2, 0) is 0 Å². The maximum absolute atomic E-state index is 13.1. The van der Waals surface area contributed by atoms with Crippen LogP contribution < -0.4 is 20.5 Å². The zero-order valence-corrected chi connectivity index (χ0v) is 11.6. The topological polar surface area (TPSA) is 73.6 Å². The zero-order valence-electron chi connectivity index (χ0n) is 11.6. The SMILES string of the molecule is COc1cc(F)ccc1NC(=O)c1cccc(N)c1OC. The van der Waals surface area contributed by atoms with Crippen molar-refractivity contribution < 1.29 is 18.7 Å². The Morgan fingerprint density at radius 1 is 1.19 bits per heavy atom. The van der Waals surface area contributed by atoms with Crippen molar-refractivity contribution in [1.82, 2.24) is 0 Å². The number of amides is 1. The molecule has 2 aromatic rings. The summed E-state index contributed by atoms with van der Waals surface area (Å²) in [5.74, 6) is -0.363.